The molecule has 0 aromatic carbocycles. The third-order valence-corrected chi connectivity index (χ3v) is 1.69. The number of hydrogen-bond donors (Lipinski definition) is 1. The minimum atomic E-state index is -5.65. The normalized spacial score (nSPS) is 13.6. The summed E-state index contributed by atoms with van der Waals surface area (Å²) in [5.74, 6) is -3.31. The Kier molecular flexibility index (Phi) is 6.47. The first-order valence-electron chi connectivity index (χ1n) is 2.59. The average molecular weight is 422 g/mol. The predicted octanol–water partition coefficient (Wildman–Crippen LogP) is -3.66. The topological polar surface area (TPSA) is 165 Å². The molecule has 0 spiro atoms. The number of aliphatic hydroxyl groups is 1. The van der Waals surface area contributed by atoms with Crippen LogP contribution in [0.15, 0.2) is 0 Å². The second-order valence-corrected chi connectivity index (χ2v) is 4.13. The van der Waals surface area contributed by atoms with Crippen molar-refractivity contribution in [2.45, 2.75) is 12.9 Å². The second-order valence-electron chi connectivity index (χ2n) is 1.97. The maximum absolute atomic E-state index is 9.85. The monoisotopic (exact) mass is 422 g/mol. The van der Waals surface area contributed by atoms with E-state index in [0.717, 1.165) is 0 Å². The van der Waals surface area contributed by atoms with E-state index in [-0.39, 0.29) is 20.4 Å². The van der Waals surface area contributed by atoms with E-state index in [4.69, 9.17) is 5.11 Å². The van der Waals surface area contributed by atoms with Crippen molar-refractivity contribution in [2.75, 3.05) is 0 Å². The van der Waals surface area contributed by atoms with E-state index in [9.17, 15) is 28.7 Å². The van der Waals surface area contributed by atoms with Gasteiger partial charge in [-0.3, -0.25) is 9.05 Å². The Balaban J connectivity index is 0. The van der Waals surface area contributed by atoms with Crippen LogP contribution in [-0.4, -0.2) is 11.1 Å². The van der Waals surface area contributed by atoms with Crippen molar-refractivity contribution in [1.82, 2.24) is 0 Å². The van der Waals surface area contributed by atoms with Crippen LogP contribution in [0.25, 0.3) is 0 Å². The molecule has 0 amide bonds. The second kappa shape index (κ2) is 5.26. The molecule has 0 saturated carbocycles. The molecular weight excluding hydrogens is 418 g/mol. The summed E-state index contributed by atoms with van der Waals surface area (Å²) in [6.07, 6.45) is 0. The molecule has 1 radical (unpaired) electrons. The molecule has 0 atom stereocenters. The van der Waals surface area contributed by atoms with Gasteiger partial charge in [-0.05, 0) is 0 Å². The van der Waals surface area contributed by atoms with Crippen molar-refractivity contribution in [3.8, 4) is 0 Å². The zero-order valence-electron chi connectivity index (χ0n) is 6.49. The molecule has 0 saturated heterocycles. The Labute approximate surface area is 92.2 Å². The molecule has 0 fully saturated rings. The van der Waals surface area contributed by atoms with Crippen molar-refractivity contribution < 1.29 is 63.3 Å². The first-order chi connectivity index (χ1) is 5.41. The molecule has 0 heterocycles. The smallest absolute Gasteiger partial charge is 0.284 e. The van der Waals surface area contributed by atoms with Crippen LogP contribution >= 0.6 is 15.6 Å². The van der Waals surface area contributed by atoms with Gasteiger partial charge in [0.05, 0.1) is 15.6 Å². The van der Waals surface area contributed by atoms with Gasteiger partial charge in [-0.1, -0.05) is 0 Å². The molecule has 87 valence electrons. The van der Waals surface area contributed by atoms with Gasteiger partial charge in [0.25, 0.3) is 5.97 Å². The van der Waals surface area contributed by atoms with Crippen LogP contribution < -0.4 is 19.6 Å². The van der Waals surface area contributed by atoms with Crippen molar-refractivity contribution in [3.05, 3.63) is 0 Å². The molecule has 12 heteroatoms. The van der Waals surface area contributed by atoms with Crippen LogP contribution in [0.4, 0.5) is 0 Å². The summed E-state index contributed by atoms with van der Waals surface area (Å²) in [5.41, 5.74) is 0. The SMILES string of the molecule is CC(O)(OP(=O)([O-])[O-])OP(=O)([O-])[O-].[188Re]. The zero-order chi connectivity index (χ0) is 10.9. The standard InChI is InChI=1S/C2H8O9P2.Re/c1-2(3,10-12(4,5)6)11-13(7,8)9;/h3H,1H3,(H2,4,5,6)(H2,7,8,9);/p-4/i;1+2. The van der Waals surface area contributed by atoms with E-state index < -0.39 is 21.6 Å². The Morgan fingerprint density at radius 3 is 1.43 bits per heavy atom. The van der Waals surface area contributed by atoms with Crippen LogP contribution in [0.5, 0.6) is 0 Å². The minimum Gasteiger partial charge on any atom is -0.790 e. The van der Waals surface area contributed by atoms with Gasteiger partial charge in [-0.25, -0.2) is 0 Å². The van der Waals surface area contributed by atoms with Crippen LogP contribution in [0.3, 0.4) is 0 Å². The van der Waals surface area contributed by atoms with E-state index in [2.05, 4.69) is 9.05 Å². The van der Waals surface area contributed by atoms with Crippen molar-refractivity contribution in [3.63, 3.8) is 0 Å². The molecule has 0 aliphatic carbocycles. The summed E-state index contributed by atoms with van der Waals surface area (Å²) in [6, 6.07) is 0. The van der Waals surface area contributed by atoms with E-state index in [1.165, 1.54) is 0 Å². The maximum Gasteiger partial charge on any atom is 0.284 e. The first kappa shape index (κ1) is 17.2. The fourth-order valence-electron chi connectivity index (χ4n) is 0.432. The van der Waals surface area contributed by atoms with Crippen LogP contribution in [0, 0.1) is 0 Å². The summed E-state index contributed by atoms with van der Waals surface area (Å²) in [6.45, 7) is 0.359. The van der Waals surface area contributed by atoms with Gasteiger partial charge < -0.3 is 33.8 Å². The summed E-state index contributed by atoms with van der Waals surface area (Å²) in [7, 11) is -11.3. The predicted molar refractivity (Wildman–Crippen MR) is 28.0 cm³/mol. The van der Waals surface area contributed by atoms with Gasteiger partial charge in [-0.2, -0.15) is 0 Å². The molecule has 0 bridgehead atoms. The minimum absolute atomic E-state index is 0. The van der Waals surface area contributed by atoms with Crippen LogP contribution in [-0.2, 0) is 38.6 Å². The van der Waals surface area contributed by atoms with Crippen LogP contribution in [0.1, 0.15) is 6.92 Å². The van der Waals surface area contributed by atoms with Crippen molar-refractivity contribution in [2.24, 2.45) is 0 Å². The number of rotatable bonds is 4. The third-order valence-electron chi connectivity index (χ3n) is 0.562. The third kappa shape index (κ3) is 10.9. The molecule has 0 aliphatic heterocycles. The molecule has 0 rings (SSSR count). The van der Waals surface area contributed by atoms with Gasteiger partial charge in [-0.15, -0.1) is 0 Å². The van der Waals surface area contributed by atoms with E-state index in [1.807, 2.05) is 0 Å². The average Bonchev–Trinajstić information content (AvgIpc) is 1.43. The molecule has 0 unspecified atom stereocenters. The number of phosphoric acid groups is 2. The molecule has 0 aromatic heterocycles. The molecule has 0 aromatic rings. The largest absolute Gasteiger partial charge is 0.790 e. The fraction of sp³-hybridized carbons (Fsp3) is 1.00. The maximum atomic E-state index is 9.85. The Morgan fingerprint density at radius 1 is 1.07 bits per heavy atom. The summed E-state index contributed by atoms with van der Waals surface area (Å²) < 4.78 is 26.1. The molecule has 14 heavy (non-hydrogen) atoms. The van der Waals surface area contributed by atoms with Crippen molar-refractivity contribution in [1.29, 1.82) is 0 Å². The Morgan fingerprint density at radius 2 is 1.29 bits per heavy atom. The summed E-state index contributed by atoms with van der Waals surface area (Å²) >= 11 is 0. The quantitative estimate of drug-likeness (QED) is 0.355. The van der Waals surface area contributed by atoms with E-state index >= 15 is 0 Å². The molecule has 1 N–H and O–H groups in total. The molecular formula is C2H4O9P2Re-4. The van der Waals surface area contributed by atoms with Crippen molar-refractivity contribution >= 4 is 15.6 Å². The summed E-state index contributed by atoms with van der Waals surface area (Å²) in [5, 5.41) is 8.60. The van der Waals surface area contributed by atoms with Crippen LogP contribution in [0.2, 0.25) is 0 Å². The molecule has 9 nitrogen and oxygen atoms in total. The van der Waals surface area contributed by atoms with Gasteiger partial charge in [0.2, 0.25) is 0 Å². The fourth-order valence-corrected chi connectivity index (χ4v) is 1.39. The Hall–Kier alpha value is 0.842. The van der Waals surface area contributed by atoms with Gasteiger partial charge in [0.1, 0.15) is 0 Å². The van der Waals surface area contributed by atoms with E-state index in [0.29, 0.717) is 6.92 Å². The Bertz CT molecular complexity index is 236. The zero-order valence-corrected chi connectivity index (χ0v) is 11.0. The first-order valence-corrected chi connectivity index (χ1v) is 5.51. The number of hydrogen-bond acceptors (Lipinski definition) is 9. The summed E-state index contributed by atoms with van der Waals surface area (Å²) in [4.78, 5) is 39.4. The molecule has 0 aliphatic rings. The van der Waals surface area contributed by atoms with Gasteiger partial charge >= 0.3 is 0 Å². The van der Waals surface area contributed by atoms with Gasteiger partial charge in [0.15, 0.2) is 0 Å². The number of phosphoric ester groups is 2. The van der Waals surface area contributed by atoms with E-state index in [1.54, 1.807) is 0 Å². The van der Waals surface area contributed by atoms with Gasteiger partial charge in [0, 0.05) is 27.3 Å².